The average Bonchev–Trinajstić information content (AvgIpc) is 2.57. The van der Waals surface area contributed by atoms with Gasteiger partial charge in [0.25, 0.3) is 0 Å². The normalized spacial score (nSPS) is 18.7. The molecule has 0 unspecified atom stereocenters. The summed E-state index contributed by atoms with van der Waals surface area (Å²) < 4.78 is 4.73. The molecule has 0 atom stereocenters. The first kappa shape index (κ1) is 17.8. The Morgan fingerprint density at radius 2 is 1.70 bits per heavy atom. The van der Waals surface area contributed by atoms with Crippen LogP contribution in [0.25, 0.3) is 0 Å². The summed E-state index contributed by atoms with van der Waals surface area (Å²) >= 11 is 0. The second-order valence-corrected chi connectivity index (χ2v) is 5.53. The van der Waals surface area contributed by atoms with Crippen LogP contribution in [0.4, 0.5) is 0 Å². The van der Waals surface area contributed by atoms with Crippen LogP contribution in [0.2, 0.25) is 0 Å². The largest absolute Gasteiger partial charge is 0.464 e. The van der Waals surface area contributed by atoms with Crippen LogP contribution >= 0.6 is 0 Å². The van der Waals surface area contributed by atoms with Gasteiger partial charge in [0.2, 0.25) is 0 Å². The number of ether oxygens (including phenoxy) is 1. The van der Waals surface area contributed by atoms with Crippen molar-refractivity contribution in [2.45, 2.75) is 6.54 Å². The zero-order valence-corrected chi connectivity index (χ0v) is 13.8. The first-order valence-corrected chi connectivity index (χ1v) is 8.18. The van der Waals surface area contributed by atoms with Gasteiger partial charge in [-0.1, -0.05) is 6.07 Å². The minimum absolute atomic E-state index is 0.363. The van der Waals surface area contributed by atoms with E-state index in [1.165, 1.54) is 7.11 Å². The van der Waals surface area contributed by atoms with Crippen LogP contribution in [0, 0.1) is 0 Å². The van der Waals surface area contributed by atoms with Crippen LogP contribution in [-0.4, -0.2) is 75.3 Å². The quantitative estimate of drug-likeness (QED) is 0.645. The molecule has 0 radical (unpaired) electrons. The third-order valence-electron chi connectivity index (χ3n) is 3.75. The Hall–Kier alpha value is -1.54. The molecule has 2 rings (SSSR count). The summed E-state index contributed by atoms with van der Waals surface area (Å²) in [6.45, 7) is 8.45. The van der Waals surface area contributed by atoms with Crippen molar-refractivity contribution in [1.29, 1.82) is 0 Å². The van der Waals surface area contributed by atoms with Crippen molar-refractivity contribution in [3.63, 3.8) is 0 Å². The highest BCUT2D eigenvalue weighted by atomic mass is 16.5. The van der Waals surface area contributed by atoms with Crippen molar-refractivity contribution >= 4 is 5.97 Å². The Labute approximate surface area is 137 Å². The molecule has 1 aromatic heterocycles. The van der Waals surface area contributed by atoms with Crippen LogP contribution in [-0.2, 0) is 11.3 Å². The van der Waals surface area contributed by atoms with Crippen LogP contribution in [0.3, 0.4) is 0 Å². The molecule has 128 valence electrons. The van der Waals surface area contributed by atoms with E-state index in [0.717, 1.165) is 64.6 Å². The van der Waals surface area contributed by atoms with Gasteiger partial charge in [-0.15, -0.1) is 0 Å². The van der Waals surface area contributed by atoms with Gasteiger partial charge in [0.1, 0.15) is 5.69 Å². The van der Waals surface area contributed by atoms with Gasteiger partial charge in [-0.05, 0) is 12.1 Å². The van der Waals surface area contributed by atoms with Gasteiger partial charge >= 0.3 is 5.97 Å². The summed E-state index contributed by atoms with van der Waals surface area (Å²) in [6, 6.07) is 5.49. The highest BCUT2D eigenvalue weighted by Crippen LogP contribution is 2.05. The highest BCUT2D eigenvalue weighted by molar-refractivity contribution is 5.87. The summed E-state index contributed by atoms with van der Waals surface area (Å²) in [5.74, 6) is -0.392. The minimum Gasteiger partial charge on any atom is -0.464 e. The maximum atomic E-state index is 11.6. The van der Waals surface area contributed by atoms with Crippen molar-refractivity contribution in [3.8, 4) is 0 Å². The summed E-state index contributed by atoms with van der Waals surface area (Å²) in [7, 11) is 1.37. The third kappa shape index (κ3) is 6.62. The predicted molar refractivity (Wildman–Crippen MR) is 89.5 cm³/mol. The second kappa shape index (κ2) is 10.3. The fourth-order valence-electron chi connectivity index (χ4n) is 2.49. The number of nitrogens with one attached hydrogen (secondary N) is 3. The molecule has 1 aromatic rings. The van der Waals surface area contributed by atoms with Crippen LogP contribution in [0.5, 0.6) is 0 Å². The molecular formula is C16H27N5O2. The van der Waals surface area contributed by atoms with E-state index in [1.54, 1.807) is 6.07 Å². The number of pyridine rings is 1. The van der Waals surface area contributed by atoms with Crippen LogP contribution in [0.15, 0.2) is 18.2 Å². The number of methoxy groups -OCH3 is 1. The van der Waals surface area contributed by atoms with Crippen molar-refractivity contribution < 1.29 is 9.53 Å². The number of hydrogen-bond acceptors (Lipinski definition) is 7. The molecule has 2 heterocycles. The standard InChI is InChI=1S/C16H27N5O2/c1-23-16(22)15-4-2-3-14(20-15)13-21-11-9-18-7-5-17-6-8-19-10-12-21/h2-4,17-19H,5-13H2,1H3. The lowest BCUT2D eigenvalue weighted by Gasteiger charge is -2.23. The van der Waals surface area contributed by atoms with Gasteiger partial charge in [0, 0.05) is 58.9 Å². The van der Waals surface area contributed by atoms with E-state index in [1.807, 2.05) is 12.1 Å². The monoisotopic (exact) mass is 321 g/mol. The molecule has 1 fully saturated rings. The smallest absolute Gasteiger partial charge is 0.356 e. The molecule has 0 aromatic carbocycles. The van der Waals surface area contributed by atoms with Gasteiger partial charge in [-0.3, -0.25) is 4.90 Å². The lowest BCUT2D eigenvalue weighted by molar-refractivity contribution is 0.0593. The van der Waals surface area contributed by atoms with E-state index in [0.29, 0.717) is 5.69 Å². The molecule has 3 N–H and O–H groups in total. The predicted octanol–water partition coefficient (Wildman–Crippen LogP) is -0.547. The number of nitrogens with zero attached hydrogens (tertiary/aromatic N) is 2. The van der Waals surface area contributed by atoms with Crippen molar-refractivity contribution in [2.24, 2.45) is 0 Å². The minimum atomic E-state index is -0.392. The Morgan fingerprint density at radius 1 is 1.09 bits per heavy atom. The molecule has 1 aliphatic heterocycles. The molecule has 7 nitrogen and oxygen atoms in total. The van der Waals surface area contributed by atoms with E-state index < -0.39 is 5.97 Å². The number of aromatic nitrogens is 1. The lowest BCUT2D eigenvalue weighted by Crippen LogP contribution is -2.41. The van der Waals surface area contributed by atoms with Gasteiger partial charge in [-0.2, -0.15) is 0 Å². The second-order valence-electron chi connectivity index (χ2n) is 5.53. The maximum Gasteiger partial charge on any atom is 0.356 e. The maximum absolute atomic E-state index is 11.6. The van der Waals surface area contributed by atoms with E-state index in [2.05, 4.69) is 25.8 Å². The molecule has 0 aliphatic carbocycles. The molecule has 0 saturated carbocycles. The summed E-state index contributed by atoms with van der Waals surface area (Å²) in [5, 5.41) is 10.3. The molecule has 0 spiro atoms. The van der Waals surface area contributed by atoms with Gasteiger partial charge in [0.15, 0.2) is 0 Å². The van der Waals surface area contributed by atoms with Gasteiger partial charge in [-0.25, -0.2) is 9.78 Å². The molecule has 1 saturated heterocycles. The van der Waals surface area contributed by atoms with E-state index in [-0.39, 0.29) is 0 Å². The van der Waals surface area contributed by atoms with E-state index >= 15 is 0 Å². The molecular weight excluding hydrogens is 294 g/mol. The summed E-state index contributed by atoms with van der Waals surface area (Å²) in [4.78, 5) is 18.3. The highest BCUT2D eigenvalue weighted by Gasteiger charge is 2.11. The van der Waals surface area contributed by atoms with Crippen molar-refractivity contribution in [2.75, 3.05) is 59.5 Å². The molecule has 7 heteroatoms. The van der Waals surface area contributed by atoms with Crippen LogP contribution in [0.1, 0.15) is 16.2 Å². The molecule has 0 bridgehead atoms. The number of carbonyl (C=O) groups is 1. The zero-order chi connectivity index (χ0) is 16.3. The lowest BCUT2D eigenvalue weighted by atomic mass is 10.2. The number of esters is 1. The number of carbonyl (C=O) groups excluding carboxylic acids is 1. The fourth-order valence-corrected chi connectivity index (χ4v) is 2.49. The molecule has 1 aliphatic rings. The van der Waals surface area contributed by atoms with Crippen molar-refractivity contribution in [1.82, 2.24) is 25.8 Å². The Kier molecular flexibility index (Phi) is 7.96. The fraction of sp³-hybridized carbons (Fsp3) is 0.625. The number of rotatable bonds is 3. The topological polar surface area (TPSA) is 78.5 Å². The first-order chi connectivity index (χ1) is 11.3. The Balaban J connectivity index is 1.93. The first-order valence-electron chi connectivity index (χ1n) is 8.18. The Bertz CT molecular complexity index is 471. The van der Waals surface area contributed by atoms with E-state index in [4.69, 9.17) is 4.74 Å². The van der Waals surface area contributed by atoms with Gasteiger partial charge in [0.05, 0.1) is 12.8 Å². The zero-order valence-electron chi connectivity index (χ0n) is 13.8. The van der Waals surface area contributed by atoms with Crippen LogP contribution < -0.4 is 16.0 Å². The summed E-state index contributed by atoms with van der Waals surface area (Å²) in [6.07, 6.45) is 0. The van der Waals surface area contributed by atoms with E-state index in [9.17, 15) is 4.79 Å². The Morgan fingerprint density at radius 3 is 2.30 bits per heavy atom. The van der Waals surface area contributed by atoms with Gasteiger partial charge < -0.3 is 20.7 Å². The molecule has 23 heavy (non-hydrogen) atoms. The third-order valence-corrected chi connectivity index (χ3v) is 3.75. The molecule has 0 amide bonds. The average molecular weight is 321 g/mol. The number of hydrogen-bond donors (Lipinski definition) is 3. The summed E-state index contributed by atoms with van der Waals surface area (Å²) in [5.41, 5.74) is 1.25. The van der Waals surface area contributed by atoms with Crippen molar-refractivity contribution in [3.05, 3.63) is 29.6 Å². The SMILES string of the molecule is COC(=O)c1cccc(CN2CCNCCNCCNCC2)n1.